The Labute approximate surface area is 143 Å². The van der Waals surface area contributed by atoms with E-state index >= 15 is 0 Å². The molecule has 0 N–H and O–H groups in total. The van der Waals surface area contributed by atoms with Crippen molar-refractivity contribution in [2.24, 2.45) is 0 Å². The molecule has 5 rings (SSSR count). The van der Waals surface area contributed by atoms with E-state index in [-0.39, 0.29) is 12.0 Å². The molecule has 0 aromatic carbocycles. The lowest BCUT2D eigenvalue weighted by atomic mass is 10.1. The van der Waals surface area contributed by atoms with E-state index in [9.17, 15) is 4.79 Å². The molecule has 132 valence electrons. The van der Waals surface area contributed by atoms with Gasteiger partial charge in [0.15, 0.2) is 11.5 Å². The van der Waals surface area contributed by atoms with Crippen molar-refractivity contribution in [3.05, 3.63) is 23.5 Å². The molecular weight excluding hydrogens is 326 g/mol. The van der Waals surface area contributed by atoms with Gasteiger partial charge in [0, 0.05) is 18.5 Å². The molecule has 0 spiro atoms. The molecule has 0 radical (unpaired) electrons. The molecule has 2 fully saturated rings. The maximum atomic E-state index is 13.0. The maximum absolute atomic E-state index is 13.0. The van der Waals surface area contributed by atoms with Crippen molar-refractivity contribution in [1.29, 1.82) is 0 Å². The topological polar surface area (TPSA) is 95.5 Å². The zero-order valence-electron chi connectivity index (χ0n) is 13.9. The van der Waals surface area contributed by atoms with Gasteiger partial charge in [-0.1, -0.05) is 5.16 Å². The summed E-state index contributed by atoms with van der Waals surface area (Å²) in [6, 6.07) is 1.29. The smallest absolute Gasteiger partial charge is 0.275 e. The van der Waals surface area contributed by atoms with E-state index in [2.05, 4.69) is 15.2 Å². The highest BCUT2D eigenvalue weighted by atomic mass is 16.5. The fourth-order valence-electron chi connectivity index (χ4n) is 3.42. The number of hydrogen-bond donors (Lipinski definition) is 0. The van der Waals surface area contributed by atoms with Crippen molar-refractivity contribution in [2.45, 2.75) is 44.4 Å². The van der Waals surface area contributed by atoms with E-state index < -0.39 is 6.04 Å². The number of rotatable bonds is 3. The average Bonchev–Trinajstić information content (AvgIpc) is 3.02. The van der Waals surface area contributed by atoms with Gasteiger partial charge in [0.05, 0.1) is 19.3 Å². The summed E-state index contributed by atoms with van der Waals surface area (Å²) in [6.45, 7) is 4.11. The van der Waals surface area contributed by atoms with Crippen LogP contribution in [0.4, 0.5) is 0 Å². The van der Waals surface area contributed by atoms with Crippen LogP contribution in [-0.2, 0) is 11.3 Å². The fourth-order valence-corrected chi connectivity index (χ4v) is 3.42. The summed E-state index contributed by atoms with van der Waals surface area (Å²) in [4.78, 5) is 19.3. The van der Waals surface area contributed by atoms with Crippen LogP contribution in [0.2, 0.25) is 0 Å². The third-order valence-corrected chi connectivity index (χ3v) is 4.92. The Hall–Kier alpha value is -2.42. The summed E-state index contributed by atoms with van der Waals surface area (Å²) in [5, 5.41) is 8.43. The first kappa shape index (κ1) is 14.9. The van der Waals surface area contributed by atoms with Gasteiger partial charge in [-0.3, -0.25) is 4.79 Å². The molecule has 2 aromatic heterocycles. The van der Waals surface area contributed by atoms with Crippen molar-refractivity contribution in [2.75, 3.05) is 19.8 Å². The predicted molar refractivity (Wildman–Crippen MR) is 83.2 cm³/mol. The summed E-state index contributed by atoms with van der Waals surface area (Å²) in [6.07, 6.45) is 1.97. The second kappa shape index (κ2) is 5.55. The van der Waals surface area contributed by atoms with Crippen LogP contribution in [0.25, 0.3) is 0 Å². The normalized spacial score (nSPS) is 25.7. The quantitative estimate of drug-likeness (QED) is 0.823. The number of nitrogens with zero attached hydrogens (tertiary/aromatic N) is 5. The van der Waals surface area contributed by atoms with Crippen LogP contribution in [0.15, 0.2) is 10.6 Å². The highest BCUT2D eigenvalue weighted by Gasteiger charge is 2.40. The van der Waals surface area contributed by atoms with E-state index in [0.717, 1.165) is 18.7 Å². The van der Waals surface area contributed by atoms with Crippen LogP contribution in [0.3, 0.4) is 0 Å². The largest absolute Gasteiger partial charge is 0.476 e. The fraction of sp³-hybridized carbons (Fsp3) is 0.625. The molecule has 1 aliphatic carbocycles. The number of hydrogen-bond acceptors (Lipinski definition) is 7. The second-order valence-corrected chi connectivity index (χ2v) is 6.72. The maximum Gasteiger partial charge on any atom is 0.275 e. The first-order valence-electron chi connectivity index (χ1n) is 8.67. The van der Waals surface area contributed by atoms with Gasteiger partial charge >= 0.3 is 0 Å². The summed E-state index contributed by atoms with van der Waals surface area (Å²) < 4.78 is 18.4. The van der Waals surface area contributed by atoms with Crippen molar-refractivity contribution >= 4 is 5.91 Å². The Bertz CT molecular complexity index is 790. The molecule has 1 saturated carbocycles. The molecule has 0 bridgehead atoms. The first-order valence-corrected chi connectivity index (χ1v) is 8.67. The van der Waals surface area contributed by atoms with Gasteiger partial charge in [0.1, 0.15) is 12.6 Å². The third kappa shape index (κ3) is 2.50. The van der Waals surface area contributed by atoms with E-state index in [0.29, 0.717) is 49.7 Å². The Morgan fingerprint density at radius 1 is 1.28 bits per heavy atom. The number of morpholine rings is 1. The van der Waals surface area contributed by atoms with Crippen LogP contribution < -0.4 is 4.74 Å². The Morgan fingerprint density at radius 3 is 2.96 bits per heavy atom. The highest BCUT2D eigenvalue weighted by Crippen LogP contribution is 2.39. The highest BCUT2D eigenvalue weighted by molar-refractivity contribution is 5.93. The average molecular weight is 345 g/mol. The Morgan fingerprint density at radius 2 is 2.16 bits per heavy atom. The van der Waals surface area contributed by atoms with Crippen LogP contribution in [-0.4, -0.2) is 56.6 Å². The van der Waals surface area contributed by atoms with Gasteiger partial charge in [-0.05, 0) is 19.8 Å². The number of amides is 1. The minimum atomic E-state index is -0.404. The number of carbonyl (C=O) groups is 1. The van der Waals surface area contributed by atoms with Crippen molar-refractivity contribution < 1.29 is 18.8 Å². The number of fused-ring (bicyclic) bond motifs is 1. The van der Waals surface area contributed by atoms with Crippen LogP contribution in [0.1, 0.15) is 53.9 Å². The van der Waals surface area contributed by atoms with Gasteiger partial charge in [0.2, 0.25) is 5.88 Å². The molecule has 3 aliphatic rings. The predicted octanol–water partition coefficient (Wildman–Crippen LogP) is 1.14. The SMILES string of the molecule is C[C@H]1OCCN(C(=O)c2cc3n(n2)CCO3)[C@@H]1c1nc(C2CC2)no1. The molecule has 2 aliphatic heterocycles. The van der Waals surface area contributed by atoms with E-state index in [1.54, 1.807) is 15.6 Å². The lowest BCUT2D eigenvalue weighted by molar-refractivity contribution is -0.0602. The summed E-state index contributed by atoms with van der Waals surface area (Å²) >= 11 is 0. The lowest BCUT2D eigenvalue weighted by Crippen LogP contribution is -2.47. The van der Waals surface area contributed by atoms with Crippen molar-refractivity contribution in [1.82, 2.24) is 24.8 Å². The molecule has 9 heteroatoms. The first-order chi connectivity index (χ1) is 12.2. The molecule has 1 amide bonds. The number of carbonyl (C=O) groups excluding carboxylic acids is 1. The van der Waals surface area contributed by atoms with E-state index in [4.69, 9.17) is 14.0 Å². The third-order valence-electron chi connectivity index (χ3n) is 4.92. The zero-order valence-corrected chi connectivity index (χ0v) is 13.9. The van der Waals surface area contributed by atoms with Crippen molar-refractivity contribution in [3.63, 3.8) is 0 Å². The minimum Gasteiger partial charge on any atom is -0.476 e. The van der Waals surface area contributed by atoms with Gasteiger partial charge in [0.25, 0.3) is 11.8 Å². The molecule has 4 heterocycles. The lowest BCUT2D eigenvalue weighted by Gasteiger charge is -2.37. The number of ether oxygens (including phenoxy) is 2. The van der Waals surface area contributed by atoms with Gasteiger partial charge < -0.3 is 18.9 Å². The number of aromatic nitrogens is 4. The molecule has 1 saturated heterocycles. The molecule has 2 aromatic rings. The molecule has 0 unspecified atom stereocenters. The standard InChI is InChI=1S/C16H19N5O4/c1-9-13(15-17-14(19-25-15)10-2-3-10)20(4-6-23-9)16(22)11-8-12-21(18-11)5-7-24-12/h8-10,13H,2-7H2,1H3/t9-,13+/m1/s1. The molecule has 25 heavy (non-hydrogen) atoms. The molecular formula is C16H19N5O4. The molecule has 9 nitrogen and oxygen atoms in total. The second-order valence-electron chi connectivity index (χ2n) is 6.72. The van der Waals surface area contributed by atoms with Gasteiger partial charge in [-0.25, -0.2) is 4.68 Å². The summed E-state index contributed by atoms with van der Waals surface area (Å²) in [5.41, 5.74) is 0.371. The van der Waals surface area contributed by atoms with Crippen LogP contribution >= 0.6 is 0 Å². The van der Waals surface area contributed by atoms with Crippen LogP contribution in [0, 0.1) is 0 Å². The van der Waals surface area contributed by atoms with Gasteiger partial charge in [-0.2, -0.15) is 10.1 Å². The Kier molecular flexibility index (Phi) is 3.30. The van der Waals surface area contributed by atoms with E-state index in [1.807, 2.05) is 6.92 Å². The summed E-state index contributed by atoms with van der Waals surface area (Å²) in [5.74, 6) is 2.03. The monoisotopic (exact) mass is 345 g/mol. The minimum absolute atomic E-state index is 0.170. The van der Waals surface area contributed by atoms with Crippen molar-refractivity contribution in [3.8, 4) is 5.88 Å². The van der Waals surface area contributed by atoms with Crippen LogP contribution in [0.5, 0.6) is 5.88 Å². The summed E-state index contributed by atoms with van der Waals surface area (Å²) in [7, 11) is 0. The zero-order chi connectivity index (χ0) is 17.0. The van der Waals surface area contributed by atoms with E-state index in [1.165, 1.54) is 0 Å². The van der Waals surface area contributed by atoms with Gasteiger partial charge in [-0.15, -0.1) is 0 Å². The molecule has 2 atom stereocenters. The Balaban J connectivity index is 1.44.